The van der Waals surface area contributed by atoms with E-state index in [-0.39, 0.29) is 0 Å². The van der Waals surface area contributed by atoms with Crippen LogP contribution in [-0.4, -0.2) is 31.9 Å². The molecule has 1 aromatic carbocycles. The van der Waals surface area contributed by atoms with Gasteiger partial charge in [-0.05, 0) is 60.0 Å². The zero-order chi connectivity index (χ0) is 18.4. The lowest BCUT2D eigenvalue weighted by atomic mass is 9.99. The lowest BCUT2D eigenvalue weighted by molar-refractivity contribution is 0.446. The summed E-state index contributed by atoms with van der Waals surface area (Å²) in [6.45, 7) is 5.40. The lowest BCUT2D eigenvalue weighted by Crippen LogP contribution is -2.32. The molecular formula is C19H28N6S. The molecule has 1 atom stereocenters. The number of nitrogens with one attached hydrogen (secondary N) is 2. The molecule has 0 amide bonds. The van der Waals surface area contributed by atoms with E-state index in [1.54, 1.807) is 0 Å². The van der Waals surface area contributed by atoms with Gasteiger partial charge in [0.2, 0.25) is 0 Å². The molecule has 1 heterocycles. The van der Waals surface area contributed by atoms with Gasteiger partial charge < -0.3 is 10.6 Å². The van der Waals surface area contributed by atoms with Crippen molar-refractivity contribution < 1.29 is 0 Å². The van der Waals surface area contributed by atoms with Gasteiger partial charge in [-0.25, -0.2) is 4.68 Å². The molecule has 0 aliphatic heterocycles. The first-order valence-electron chi connectivity index (χ1n) is 9.64. The topological polar surface area (TPSA) is 67.7 Å². The van der Waals surface area contributed by atoms with Crippen molar-refractivity contribution >= 4 is 23.0 Å². The third-order valence-corrected chi connectivity index (χ3v) is 5.11. The minimum Gasteiger partial charge on any atom is -0.362 e. The van der Waals surface area contributed by atoms with E-state index in [0.29, 0.717) is 17.1 Å². The van der Waals surface area contributed by atoms with Gasteiger partial charge >= 0.3 is 0 Å². The van der Waals surface area contributed by atoms with Crippen LogP contribution in [0.3, 0.4) is 0 Å². The maximum Gasteiger partial charge on any atom is 0.182 e. The van der Waals surface area contributed by atoms with Crippen molar-refractivity contribution in [2.24, 2.45) is 5.92 Å². The minimum absolute atomic E-state index is 0.452. The van der Waals surface area contributed by atoms with E-state index in [2.05, 4.69) is 40.0 Å². The Labute approximate surface area is 160 Å². The average molecular weight is 373 g/mol. The molecule has 2 aromatic rings. The van der Waals surface area contributed by atoms with Crippen molar-refractivity contribution in [2.45, 2.75) is 58.4 Å². The number of unbranched alkanes of at least 4 members (excludes halogenated alkanes) is 1. The van der Waals surface area contributed by atoms with Crippen molar-refractivity contribution in [2.75, 3.05) is 11.9 Å². The van der Waals surface area contributed by atoms with Crippen molar-refractivity contribution in [3.8, 4) is 11.4 Å². The van der Waals surface area contributed by atoms with E-state index in [1.807, 2.05) is 28.9 Å². The Morgan fingerprint density at radius 3 is 2.92 bits per heavy atom. The van der Waals surface area contributed by atoms with Crippen LogP contribution in [0.5, 0.6) is 0 Å². The van der Waals surface area contributed by atoms with Gasteiger partial charge in [0.15, 0.2) is 10.9 Å². The summed E-state index contributed by atoms with van der Waals surface area (Å²) in [6.07, 6.45) is 7.25. The number of hydrogen-bond donors (Lipinski definition) is 2. The molecule has 26 heavy (non-hydrogen) atoms. The molecule has 1 unspecified atom stereocenters. The molecule has 0 saturated heterocycles. The van der Waals surface area contributed by atoms with Crippen LogP contribution in [0, 0.1) is 5.92 Å². The van der Waals surface area contributed by atoms with E-state index in [1.165, 1.54) is 25.7 Å². The average Bonchev–Trinajstić information content (AvgIpc) is 3.38. The Morgan fingerprint density at radius 2 is 2.19 bits per heavy atom. The maximum absolute atomic E-state index is 5.47. The highest BCUT2D eigenvalue weighted by molar-refractivity contribution is 7.80. The van der Waals surface area contributed by atoms with Crippen molar-refractivity contribution in [3.05, 3.63) is 24.3 Å². The summed E-state index contributed by atoms with van der Waals surface area (Å²) in [4.78, 5) is 0. The largest absolute Gasteiger partial charge is 0.362 e. The van der Waals surface area contributed by atoms with Gasteiger partial charge in [-0.15, -0.1) is 5.10 Å². The fraction of sp³-hybridized carbons (Fsp3) is 0.579. The summed E-state index contributed by atoms with van der Waals surface area (Å²) in [5.74, 6) is 1.49. The Balaban J connectivity index is 1.58. The van der Waals surface area contributed by atoms with E-state index in [4.69, 9.17) is 12.2 Å². The second-order valence-corrected chi connectivity index (χ2v) is 7.42. The number of rotatable bonds is 9. The van der Waals surface area contributed by atoms with Crippen LogP contribution in [0.2, 0.25) is 0 Å². The molecule has 6 nitrogen and oxygen atoms in total. The lowest BCUT2D eigenvalue weighted by Gasteiger charge is -2.17. The molecule has 3 rings (SSSR count). The van der Waals surface area contributed by atoms with Crippen LogP contribution in [0.1, 0.15) is 58.4 Å². The summed E-state index contributed by atoms with van der Waals surface area (Å²) in [5.41, 5.74) is 1.95. The molecule has 1 saturated carbocycles. The Morgan fingerprint density at radius 1 is 1.35 bits per heavy atom. The number of tetrazole rings is 1. The summed E-state index contributed by atoms with van der Waals surface area (Å²) in [6, 6.07) is 8.55. The third kappa shape index (κ3) is 5.00. The Bertz CT molecular complexity index is 724. The zero-order valence-electron chi connectivity index (χ0n) is 15.6. The number of aromatic nitrogens is 4. The molecule has 1 aromatic heterocycles. The molecular weight excluding hydrogens is 344 g/mol. The number of benzene rings is 1. The number of anilines is 1. The molecule has 1 aliphatic rings. The molecule has 7 heteroatoms. The monoisotopic (exact) mass is 372 g/mol. The molecule has 0 radical (unpaired) electrons. The summed E-state index contributed by atoms with van der Waals surface area (Å²) >= 11 is 5.47. The highest BCUT2D eigenvalue weighted by Gasteiger charge is 2.28. The van der Waals surface area contributed by atoms with Gasteiger partial charge in [0.05, 0.1) is 6.04 Å². The first kappa shape index (κ1) is 18.8. The van der Waals surface area contributed by atoms with Gasteiger partial charge in [-0.3, -0.25) is 0 Å². The first-order chi connectivity index (χ1) is 12.7. The number of nitrogens with zero attached hydrogens (tertiary/aromatic N) is 4. The van der Waals surface area contributed by atoms with Crippen LogP contribution in [0.25, 0.3) is 11.4 Å². The predicted octanol–water partition coefficient (Wildman–Crippen LogP) is 4.18. The Kier molecular flexibility index (Phi) is 6.55. The van der Waals surface area contributed by atoms with Gasteiger partial charge in [0.25, 0.3) is 0 Å². The molecule has 1 aliphatic carbocycles. The molecule has 0 bridgehead atoms. The minimum atomic E-state index is 0.452. The van der Waals surface area contributed by atoms with E-state index < -0.39 is 0 Å². The van der Waals surface area contributed by atoms with Crippen LogP contribution < -0.4 is 10.6 Å². The fourth-order valence-electron chi connectivity index (χ4n) is 3.04. The van der Waals surface area contributed by atoms with E-state index in [9.17, 15) is 0 Å². The van der Waals surface area contributed by atoms with Crippen LogP contribution in [0.15, 0.2) is 24.3 Å². The SMILES string of the molecule is CCCCC(CC)CNC(=S)Nc1cccc(-c2nnnn2C2CC2)c1. The molecule has 2 N–H and O–H groups in total. The smallest absolute Gasteiger partial charge is 0.182 e. The van der Waals surface area contributed by atoms with Crippen molar-refractivity contribution in [3.63, 3.8) is 0 Å². The van der Waals surface area contributed by atoms with Crippen molar-refractivity contribution in [1.82, 2.24) is 25.5 Å². The zero-order valence-corrected chi connectivity index (χ0v) is 16.4. The van der Waals surface area contributed by atoms with Gasteiger partial charge in [-0.2, -0.15) is 0 Å². The quantitative estimate of drug-likeness (QED) is 0.644. The number of hydrogen-bond acceptors (Lipinski definition) is 4. The molecule has 1 fully saturated rings. The molecule has 140 valence electrons. The summed E-state index contributed by atoms with van der Waals surface area (Å²) < 4.78 is 1.93. The predicted molar refractivity (Wildman–Crippen MR) is 109 cm³/mol. The fourth-order valence-corrected chi connectivity index (χ4v) is 3.24. The van der Waals surface area contributed by atoms with E-state index >= 15 is 0 Å². The maximum atomic E-state index is 5.47. The van der Waals surface area contributed by atoms with Gasteiger partial charge in [0.1, 0.15) is 0 Å². The third-order valence-electron chi connectivity index (χ3n) is 4.86. The first-order valence-corrected chi connectivity index (χ1v) is 10.0. The second kappa shape index (κ2) is 9.07. The van der Waals surface area contributed by atoms with Gasteiger partial charge in [-0.1, -0.05) is 45.2 Å². The molecule has 0 spiro atoms. The van der Waals surface area contributed by atoms with Crippen LogP contribution >= 0.6 is 12.2 Å². The second-order valence-electron chi connectivity index (χ2n) is 7.01. The normalized spacial score (nSPS) is 14.8. The van der Waals surface area contributed by atoms with E-state index in [0.717, 1.165) is 36.5 Å². The highest BCUT2D eigenvalue weighted by atomic mass is 32.1. The number of thiocarbonyl (C=S) groups is 1. The van der Waals surface area contributed by atoms with Gasteiger partial charge in [0, 0.05) is 17.8 Å². The van der Waals surface area contributed by atoms with Crippen LogP contribution in [0.4, 0.5) is 5.69 Å². The summed E-state index contributed by atoms with van der Waals surface area (Å²) in [7, 11) is 0. The standard InChI is InChI=1S/C19H28N6S/c1-3-5-7-14(4-2)13-20-19(26)21-16-9-6-8-15(12-16)18-22-23-24-25(18)17-10-11-17/h6,8-9,12,14,17H,3-5,7,10-11,13H2,1-2H3,(H2,20,21,26). The summed E-state index contributed by atoms with van der Waals surface area (Å²) in [5, 5.41) is 19.5. The van der Waals surface area contributed by atoms with Crippen molar-refractivity contribution in [1.29, 1.82) is 0 Å². The highest BCUT2D eigenvalue weighted by Crippen LogP contribution is 2.36. The van der Waals surface area contributed by atoms with Crippen LogP contribution in [-0.2, 0) is 0 Å². The Hall–Kier alpha value is -2.02.